The zero-order chi connectivity index (χ0) is 16.2. The Balaban J connectivity index is 1.60. The van der Waals surface area contributed by atoms with E-state index in [2.05, 4.69) is 36.0 Å². The maximum atomic E-state index is 13.3. The van der Waals surface area contributed by atoms with Crippen LogP contribution < -0.4 is 5.32 Å². The lowest BCUT2D eigenvalue weighted by Gasteiger charge is -2.09. The quantitative estimate of drug-likeness (QED) is 0.886. The fraction of sp³-hybridized carbons (Fsp3) is 0.438. The molecule has 1 aromatic heterocycles. The van der Waals surface area contributed by atoms with E-state index in [9.17, 15) is 9.18 Å². The van der Waals surface area contributed by atoms with Crippen LogP contribution >= 0.6 is 15.9 Å². The highest BCUT2D eigenvalue weighted by atomic mass is 79.9. The molecule has 0 saturated carbocycles. The number of carbonyl (C=O) groups excluding carboxylic acids is 1. The first-order valence-electron chi connectivity index (χ1n) is 7.79. The molecule has 0 aliphatic carbocycles. The summed E-state index contributed by atoms with van der Waals surface area (Å²) in [6.45, 7) is 1.39. The second-order valence-electron chi connectivity index (χ2n) is 5.62. The van der Waals surface area contributed by atoms with E-state index in [1.807, 2.05) is 0 Å². The molecule has 7 heteroatoms. The number of benzene rings is 1. The van der Waals surface area contributed by atoms with E-state index >= 15 is 0 Å². The lowest BCUT2D eigenvalue weighted by molar-refractivity contribution is 0.0952. The number of fused-ring (bicyclic) bond motifs is 1. The van der Waals surface area contributed by atoms with Gasteiger partial charge in [0.05, 0.1) is 5.56 Å². The van der Waals surface area contributed by atoms with Crippen LogP contribution in [0.25, 0.3) is 0 Å². The van der Waals surface area contributed by atoms with Crippen molar-refractivity contribution in [2.75, 3.05) is 6.54 Å². The fourth-order valence-corrected chi connectivity index (χ4v) is 3.21. The van der Waals surface area contributed by atoms with Gasteiger partial charge in [0.2, 0.25) is 0 Å². The molecule has 0 unspecified atom stereocenters. The first-order chi connectivity index (χ1) is 11.1. The maximum absolute atomic E-state index is 13.3. The zero-order valence-electron chi connectivity index (χ0n) is 12.7. The third-order valence-corrected chi connectivity index (χ3v) is 4.68. The monoisotopic (exact) mass is 380 g/mol. The summed E-state index contributed by atoms with van der Waals surface area (Å²) in [4.78, 5) is 12.1. The number of aryl methyl sites for hydroxylation is 1. The van der Waals surface area contributed by atoms with Crippen LogP contribution in [0.4, 0.5) is 4.39 Å². The fourth-order valence-electron chi connectivity index (χ4n) is 2.78. The van der Waals surface area contributed by atoms with E-state index < -0.39 is 5.82 Å². The molecule has 0 bridgehead atoms. The molecule has 1 aliphatic heterocycles. The van der Waals surface area contributed by atoms with Gasteiger partial charge in [0, 0.05) is 30.4 Å². The Kier molecular flexibility index (Phi) is 5.05. The molecule has 0 fully saturated rings. The molecule has 2 aromatic rings. The minimum atomic E-state index is -0.430. The Morgan fingerprint density at radius 3 is 3.04 bits per heavy atom. The predicted octanol–water partition coefficient (Wildman–Crippen LogP) is 2.88. The van der Waals surface area contributed by atoms with E-state index in [0.717, 1.165) is 37.5 Å². The molecule has 3 rings (SSSR count). The lowest BCUT2D eigenvalue weighted by Crippen LogP contribution is -2.27. The Labute approximate surface area is 142 Å². The van der Waals surface area contributed by atoms with Gasteiger partial charge in [-0.25, -0.2) is 4.39 Å². The number of rotatable bonds is 4. The SMILES string of the molecule is O=C(NCCc1nnc2n1CCCCC2)c1cc(F)ccc1Br. The summed E-state index contributed by atoms with van der Waals surface area (Å²) in [6, 6.07) is 4.07. The zero-order valence-corrected chi connectivity index (χ0v) is 14.3. The molecule has 1 aliphatic rings. The van der Waals surface area contributed by atoms with Gasteiger partial charge in [-0.2, -0.15) is 0 Å². The highest BCUT2D eigenvalue weighted by molar-refractivity contribution is 9.10. The van der Waals surface area contributed by atoms with Crippen molar-refractivity contribution >= 4 is 21.8 Å². The maximum Gasteiger partial charge on any atom is 0.252 e. The van der Waals surface area contributed by atoms with Crippen molar-refractivity contribution in [1.82, 2.24) is 20.1 Å². The Hall–Kier alpha value is -1.76. The van der Waals surface area contributed by atoms with Crippen molar-refractivity contribution < 1.29 is 9.18 Å². The van der Waals surface area contributed by atoms with Gasteiger partial charge in [-0.1, -0.05) is 6.42 Å². The number of nitrogens with zero attached hydrogens (tertiary/aromatic N) is 3. The van der Waals surface area contributed by atoms with Crippen LogP contribution in [0.2, 0.25) is 0 Å². The van der Waals surface area contributed by atoms with Gasteiger partial charge in [0.15, 0.2) is 0 Å². The van der Waals surface area contributed by atoms with Crippen molar-refractivity contribution in [2.45, 2.75) is 38.6 Å². The Bertz CT molecular complexity index is 716. The van der Waals surface area contributed by atoms with Crippen molar-refractivity contribution in [3.8, 4) is 0 Å². The summed E-state index contributed by atoms with van der Waals surface area (Å²) in [5.74, 6) is 1.21. The number of carbonyl (C=O) groups is 1. The molecule has 122 valence electrons. The number of hydrogen-bond acceptors (Lipinski definition) is 3. The summed E-state index contributed by atoms with van der Waals surface area (Å²) in [5, 5.41) is 11.3. The second-order valence-corrected chi connectivity index (χ2v) is 6.48. The van der Waals surface area contributed by atoms with Crippen LogP contribution in [0.1, 0.15) is 41.3 Å². The number of aromatic nitrogens is 3. The molecule has 1 N–H and O–H groups in total. The van der Waals surface area contributed by atoms with Crippen LogP contribution in [0.15, 0.2) is 22.7 Å². The third-order valence-electron chi connectivity index (χ3n) is 3.99. The third kappa shape index (κ3) is 3.77. The normalized spacial score (nSPS) is 14.2. The van der Waals surface area contributed by atoms with E-state index in [1.165, 1.54) is 24.6 Å². The molecule has 0 spiro atoms. The average molecular weight is 381 g/mol. The first-order valence-corrected chi connectivity index (χ1v) is 8.58. The van der Waals surface area contributed by atoms with Gasteiger partial charge in [-0.05, 0) is 47.0 Å². The van der Waals surface area contributed by atoms with Crippen molar-refractivity contribution in [3.63, 3.8) is 0 Å². The van der Waals surface area contributed by atoms with E-state index in [4.69, 9.17) is 0 Å². The first kappa shape index (κ1) is 16.1. The van der Waals surface area contributed by atoms with Gasteiger partial charge >= 0.3 is 0 Å². The molecule has 5 nitrogen and oxygen atoms in total. The van der Waals surface area contributed by atoms with Crippen LogP contribution in [0.3, 0.4) is 0 Å². The number of amides is 1. The smallest absolute Gasteiger partial charge is 0.252 e. The van der Waals surface area contributed by atoms with E-state index in [-0.39, 0.29) is 5.91 Å². The highest BCUT2D eigenvalue weighted by Gasteiger charge is 2.15. The topological polar surface area (TPSA) is 59.8 Å². The van der Waals surface area contributed by atoms with Crippen LogP contribution in [-0.4, -0.2) is 27.2 Å². The largest absolute Gasteiger partial charge is 0.352 e. The summed E-state index contributed by atoms with van der Waals surface area (Å²) in [7, 11) is 0. The highest BCUT2D eigenvalue weighted by Crippen LogP contribution is 2.18. The number of halogens is 2. The molecule has 0 atom stereocenters. The van der Waals surface area contributed by atoms with Crippen LogP contribution in [0, 0.1) is 5.82 Å². The molecule has 1 amide bonds. The molecule has 23 heavy (non-hydrogen) atoms. The van der Waals surface area contributed by atoms with Gasteiger partial charge in [-0.3, -0.25) is 4.79 Å². The van der Waals surface area contributed by atoms with Gasteiger partial charge in [-0.15, -0.1) is 10.2 Å². The van der Waals surface area contributed by atoms with Crippen molar-refractivity contribution in [3.05, 3.63) is 45.7 Å². The van der Waals surface area contributed by atoms with Crippen LogP contribution in [-0.2, 0) is 19.4 Å². The summed E-state index contributed by atoms with van der Waals surface area (Å²) < 4.78 is 16.0. The van der Waals surface area contributed by atoms with Gasteiger partial charge in [0.1, 0.15) is 17.5 Å². The Morgan fingerprint density at radius 2 is 2.17 bits per heavy atom. The average Bonchev–Trinajstić information content (AvgIpc) is 2.77. The standard InChI is InChI=1S/C16H18BrFN4O/c17-13-6-5-11(18)10-12(13)16(23)19-8-7-15-21-20-14-4-2-1-3-9-22(14)15/h5-6,10H,1-4,7-9H2,(H,19,23). The van der Waals surface area contributed by atoms with Gasteiger partial charge in [0.25, 0.3) is 5.91 Å². The molecule has 2 heterocycles. The second kappa shape index (κ2) is 7.21. The summed E-state index contributed by atoms with van der Waals surface area (Å²) >= 11 is 3.27. The minimum absolute atomic E-state index is 0.296. The molecule has 1 aromatic carbocycles. The number of hydrogen-bond donors (Lipinski definition) is 1. The van der Waals surface area contributed by atoms with E-state index in [0.29, 0.717) is 23.0 Å². The minimum Gasteiger partial charge on any atom is -0.352 e. The van der Waals surface area contributed by atoms with Gasteiger partial charge < -0.3 is 9.88 Å². The van der Waals surface area contributed by atoms with E-state index in [1.54, 1.807) is 0 Å². The summed E-state index contributed by atoms with van der Waals surface area (Å²) in [5.41, 5.74) is 0.296. The van der Waals surface area contributed by atoms with Crippen molar-refractivity contribution in [2.24, 2.45) is 0 Å². The lowest BCUT2D eigenvalue weighted by atomic mass is 10.2. The number of nitrogens with one attached hydrogen (secondary N) is 1. The van der Waals surface area contributed by atoms with Crippen LogP contribution in [0.5, 0.6) is 0 Å². The Morgan fingerprint density at radius 1 is 1.30 bits per heavy atom. The summed E-state index contributed by atoms with van der Waals surface area (Å²) in [6.07, 6.45) is 5.09. The molecule has 0 radical (unpaired) electrons. The molecular formula is C16H18BrFN4O. The molecular weight excluding hydrogens is 363 g/mol. The molecule has 0 saturated heterocycles. The predicted molar refractivity (Wildman–Crippen MR) is 87.7 cm³/mol. The van der Waals surface area contributed by atoms with Crippen molar-refractivity contribution in [1.29, 1.82) is 0 Å².